The van der Waals surface area contributed by atoms with E-state index >= 15 is 0 Å². The number of rotatable bonds is 3. The van der Waals surface area contributed by atoms with Gasteiger partial charge in [-0.05, 0) is 19.5 Å². The minimum Gasteiger partial charge on any atom is -0.330 e. The first kappa shape index (κ1) is 8.18. The van der Waals surface area contributed by atoms with Gasteiger partial charge in [-0.2, -0.15) is 0 Å². The molecular weight excluding hydrogens is 114 g/mol. The third-order valence-electron chi connectivity index (χ3n) is 1.84. The fourth-order valence-corrected chi connectivity index (χ4v) is 1.50. The van der Waals surface area contributed by atoms with Crippen LogP contribution >= 0.6 is 0 Å². The van der Waals surface area contributed by atoms with Crippen LogP contribution in [0, 0.1) is 0 Å². The molecule has 0 amide bonds. The molecule has 1 unspecified atom stereocenters. The molecule has 0 N–H and O–H groups in total. The third-order valence-corrected chi connectivity index (χ3v) is 3.46. The predicted octanol–water partition coefficient (Wildman–Crippen LogP) is 0.849. The molecule has 0 aliphatic heterocycles. The van der Waals surface area contributed by atoms with Crippen molar-refractivity contribution in [3.8, 4) is 0 Å². The van der Waals surface area contributed by atoms with Gasteiger partial charge in [0.15, 0.2) is 0 Å². The second-order valence-electron chi connectivity index (χ2n) is 2.33. The average molecular weight is 131 g/mol. The van der Waals surface area contributed by atoms with Crippen LogP contribution in [0.4, 0.5) is 0 Å². The molecule has 0 aliphatic carbocycles. The molecule has 0 aliphatic rings. The van der Waals surface area contributed by atoms with Gasteiger partial charge in [-0.25, -0.2) is 0 Å². The van der Waals surface area contributed by atoms with E-state index in [9.17, 15) is 0 Å². The average Bonchev–Trinajstić information content (AvgIpc) is 1.84. The van der Waals surface area contributed by atoms with E-state index in [1.807, 2.05) is 0 Å². The van der Waals surface area contributed by atoms with Crippen molar-refractivity contribution in [1.82, 2.24) is 4.57 Å². The van der Waals surface area contributed by atoms with Gasteiger partial charge < -0.3 is 4.57 Å². The largest absolute Gasteiger partial charge is 0.330 e. The van der Waals surface area contributed by atoms with Crippen molar-refractivity contribution in [2.24, 2.45) is 0 Å². The highest BCUT2D eigenvalue weighted by Crippen LogP contribution is 1.96. The Balaban J connectivity index is 3.29. The van der Waals surface area contributed by atoms with Crippen LogP contribution < -0.4 is 0 Å². The van der Waals surface area contributed by atoms with Crippen LogP contribution in [0.1, 0.15) is 20.3 Å². The second-order valence-corrected chi connectivity index (χ2v) is 3.96. The van der Waals surface area contributed by atoms with Crippen molar-refractivity contribution in [3.63, 3.8) is 0 Å². The Labute approximate surface area is 55.0 Å². The first-order valence-electron chi connectivity index (χ1n) is 3.42. The maximum absolute atomic E-state index is 2.49. The molecule has 0 spiro atoms. The van der Waals surface area contributed by atoms with Crippen LogP contribution in [0.15, 0.2) is 0 Å². The van der Waals surface area contributed by atoms with E-state index in [1.165, 1.54) is 6.42 Å². The minimum absolute atomic E-state index is 0.113. The Bertz CT molecular complexity index is 48.5. The SMILES string of the molecule is CCC(C)N(C)[SiH2]C. The van der Waals surface area contributed by atoms with Crippen molar-refractivity contribution in [2.45, 2.75) is 32.9 Å². The molecule has 2 heteroatoms. The van der Waals surface area contributed by atoms with E-state index in [0.717, 1.165) is 6.04 Å². The standard InChI is InChI=1S/C6H17NSi/c1-5-6(2)7(3)8-4/h6H,5,8H2,1-4H3. The smallest absolute Gasteiger partial charge is 0.0919 e. The summed E-state index contributed by atoms with van der Waals surface area (Å²) in [5.41, 5.74) is 0. The molecule has 0 aromatic carbocycles. The van der Waals surface area contributed by atoms with Gasteiger partial charge in [0, 0.05) is 0 Å². The summed E-state index contributed by atoms with van der Waals surface area (Å²) in [5, 5.41) is 0. The van der Waals surface area contributed by atoms with Crippen molar-refractivity contribution < 1.29 is 0 Å². The lowest BCUT2D eigenvalue weighted by molar-refractivity contribution is 0.403. The summed E-state index contributed by atoms with van der Waals surface area (Å²) in [4.78, 5) is 0. The zero-order valence-corrected chi connectivity index (χ0v) is 7.85. The highest BCUT2D eigenvalue weighted by molar-refractivity contribution is 6.29. The van der Waals surface area contributed by atoms with Gasteiger partial charge in [0.25, 0.3) is 0 Å². The summed E-state index contributed by atoms with van der Waals surface area (Å²) < 4.78 is 2.49. The molecular formula is C6H17NSi. The van der Waals surface area contributed by atoms with E-state index in [1.54, 1.807) is 0 Å². The first-order chi connectivity index (χ1) is 3.72. The molecule has 0 fully saturated rings. The molecule has 0 heterocycles. The van der Waals surface area contributed by atoms with E-state index < -0.39 is 0 Å². The van der Waals surface area contributed by atoms with E-state index in [-0.39, 0.29) is 9.68 Å². The maximum Gasteiger partial charge on any atom is 0.0919 e. The highest BCUT2D eigenvalue weighted by Gasteiger charge is 2.01. The van der Waals surface area contributed by atoms with Gasteiger partial charge in [0.05, 0.1) is 9.68 Å². The lowest BCUT2D eigenvalue weighted by atomic mass is 10.3. The van der Waals surface area contributed by atoms with Crippen LogP contribution in [0.2, 0.25) is 6.55 Å². The van der Waals surface area contributed by atoms with Crippen molar-refractivity contribution >= 4 is 9.68 Å². The highest BCUT2D eigenvalue weighted by atomic mass is 28.2. The van der Waals surface area contributed by atoms with E-state index in [4.69, 9.17) is 0 Å². The van der Waals surface area contributed by atoms with Crippen molar-refractivity contribution in [3.05, 3.63) is 0 Å². The van der Waals surface area contributed by atoms with Crippen molar-refractivity contribution in [1.29, 1.82) is 0 Å². The first-order valence-corrected chi connectivity index (χ1v) is 5.47. The predicted molar refractivity (Wildman–Crippen MR) is 41.9 cm³/mol. The van der Waals surface area contributed by atoms with Gasteiger partial charge >= 0.3 is 0 Å². The maximum atomic E-state index is 2.49. The molecule has 0 aromatic heterocycles. The Morgan fingerprint density at radius 1 is 1.62 bits per heavy atom. The summed E-state index contributed by atoms with van der Waals surface area (Å²) in [7, 11) is 2.34. The quantitative estimate of drug-likeness (QED) is 0.513. The summed E-state index contributed by atoms with van der Waals surface area (Å²) in [6.45, 7) is 6.86. The Morgan fingerprint density at radius 2 is 2.12 bits per heavy atom. The molecule has 0 saturated heterocycles. The van der Waals surface area contributed by atoms with Gasteiger partial charge in [-0.3, -0.25) is 0 Å². The Hall–Kier alpha value is 0.177. The number of hydrogen-bond acceptors (Lipinski definition) is 1. The van der Waals surface area contributed by atoms with Gasteiger partial charge in [0.2, 0.25) is 0 Å². The molecule has 0 bridgehead atoms. The lowest BCUT2D eigenvalue weighted by Crippen LogP contribution is -2.30. The fourth-order valence-electron chi connectivity index (χ4n) is 0.623. The molecule has 0 rings (SSSR count). The van der Waals surface area contributed by atoms with Crippen LogP contribution in [0.5, 0.6) is 0 Å². The Morgan fingerprint density at radius 3 is 2.25 bits per heavy atom. The summed E-state index contributed by atoms with van der Waals surface area (Å²) in [5.74, 6) is 0. The summed E-state index contributed by atoms with van der Waals surface area (Å²) in [6, 6.07) is 0.812. The number of hydrogen-bond donors (Lipinski definition) is 0. The molecule has 8 heavy (non-hydrogen) atoms. The van der Waals surface area contributed by atoms with Crippen molar-refractivity contribution in [2.75, 3.05) is 7.05 Å². The second kappa shape index (κ2) is 4.10. The summed E-state index contributed by atoms with van der Waals surface area (Å²) in [6.07, 6.45) is 1.29. The monoisotopic (exact) mass is 131 g/mol. The molecule has 0 aromatic rings. The van der Waals surface area contributed by atoms with E-state index in [0.29, 0.717) is 0 Å². The van der Waals surface area contributed by atoms with Crippen LogP contribution in [-0.2, 0) is 0 Å². The minimum atomic E-state index is 0.113. The number of nitrogens with zero attached hydrogens (tertiary/aromatic N) is 1. The Kier molecular flexibility index (Phi) is 4.19. The lowest BCUT2D eigenvalue weighted by Gasteiger charge is -2.20. The summed E-state index contributed by atoms with van der Waals surface area (Å²) >= 11 is 0. The molecule has 1 nitrogen and oxygen atoms in total. The van der Waals surface area contributed by atoms with Crippen LogP contribution in [0.3, 0.4) is 0 Å². The zero-order valence-electron chi connectivity index (χ0n) is 6.44. The molecule has 1 atom stereocenters. The molecule has 50 valence electrons. The molecule has 0 saturated carbocycles. The zero-order chi connectivity index (χ0) is 6.57. The van der Waals surface area contributed by atoms with Gasteiger partial charge in [-0.15, -0.1) is 0 Å². The van der Waals surface area contributed by atoms with Crippen LogP contribution in [-0.4, -0.2) is 27.3 Å². The normalized spacial score (nSPS) is 16.1. The fraction of sp³-hybridized carbons (Fsp3) is 1.00. The van der Waals surface area contributed by atoms with E-state index in [2.05, 4.69) is 32.0 Å². The van der Waals surface area contributed by atoms with Crippen LogP contribution in [0.25, 0.3) is 0 Å². The van der Waals surface area contributed by atoms with Gasteiger partial charge in [-0.1, -0.05) is 20.4 Å². The molecule has 0 radical (unpaired) electrons. The van der Waals surface area contributed by atoms with Gasteiger partial charge in [0.1, 0.15) is 0 Å². The third kappa shape index (κ3) is 2.48. The topological polar surface area (TPSA) is 3.24 Å².